The number of nitrogen functional groups attached to an aromatic ring is 1. The molecular formula is C12H11ClFN3. The Morgan fingerprint density at radius 1 is 1.29 bits per heavy atom. The fourth-order valence-electron chi connectivity index (χ4n) is 1.49. The molecule has 88 valence electrons. The molecule has 17 heavy (non-hydrogen) atoms. The number of halogens is 2. The van der Waals surface area contributed by atoms with Gasteiger partial charge < -0.3 is 11.1 Å². The van der Waals surface area contributed by atoms with Crippen molar-refractivity contribution in [3.8, 4) is 0 Å². The minimum absolute atomic E-state index is 0.312. The fraction of sp³-hybridized carbons (Fsp3) is 0.0833. The molecule has 0 saturated heterocycles. The Labute approximate surface area is 103 Å². The van der Waals surface area contributed by atoms with Crippen LogP contribution in [-0.4, -0.2) is 4.98 Å². The number of aromatic nitrogens is 1. The van der Waals surface area contributed by atoms with Crippen molar-refractivity contribution in [2.75, 3.05) is 11.1 Å². The van der Waals surface area contributed by atoms with E-state index in [9.17, 15) is 4.39 Å². The van der Waals surface area contributed by atoms with E-state index in [0.717, 1.165) is 5.56 Å². The van der Waals surface area contributed by atoms with Crippen LogP contribution in [0.15, 0.2) is 30.3 Å². The van der Waals surface area contributed by atoms with Gasteiger partial charge in [0.2, 0.25) is 0 Å². The zero-order chi connectivity index (χ0) is 12.4. The van der Waals surface area contributed by atoms with Gasteiger partial charge in [0.1, 0.15) is 11.0 Å². The fourth-order valence-corrected chi connectivity index (χ4v) is 1.64. The molecule has 0 unspecified atom stereocenters. The highest BCUT2D eigenvalue weighted by molar-refractivity contribution is 6.29. The maximum absolute atomic E-state index is 13.2. The maximum atomic E-state index is 13.2. The van der Waals surface area contributed by atoms with E-state index in [4.69, 9.17) is 17.3 Å². The molecule has 1 heterocycles. The van der Waals surface area contributed by atoms with Crippen LogP contribution in [-0.2, 0) is 0 Å². The first-order valence-electron chi connectivity index (χ1n) is 5.01. The minimum Gasteiger partial charge on any atom is -0.396 e. The molecule has 2 aromatic rings. The third-order valence-electron chi connectivity index (χ3n) is 2.20. The van der Waals surface area contributed by atoms with Gasteiger partial charge in [-0.1, -0.05) is 11.6 Å². The molecule has 0 spiro atoms. The second-order valence-corrected chi connectivity index (χ2v) is 4.10. The van der Waals surface area contributed by atoms with Crippen LogP contribution >= 0.6 is 11.6 Å². The van der Waals surface area contributed by atoms with E-state index in [0.29, 0.717) is 22.3 Å². The van der Waals surface area contributed by atoms with E-state index in [2.05, 4.69) is 10.3 Å². The monoisotopic (exact) mass is 251 g/mol. The molecule has 3 N–H and O–H groups in total. The van der Waals surface area contributed by atoms with E-state index in [-0.39, 0.29) is 5.82 Å². The molecule has 0 bridgehead atoms. The van der Waals surface area contributed by atoms with Gasteiger partial charge in [0.15, 0.2) is 5.82 Å². The van der Waals surface area contributed by atoms with Crippen molar-refractivity contribution < 1.29 is 4.39 Å². The average molecular weight is 252 g/mol. The molecule has 1 aromatic heterocycles. The first kappa shape index (κ1) is 11.7. The molecule has 0 fully saturated rings. The number of benzene rings is 1. The summed E-state index contributed by atoms with van der Waals surface area (Å²) in [4.78, 5) is 4.03. The third-order valence-corrected chi connectivity index (χ3v) is 2.41. The van der Waals surface area contributed by atoms with Crippen LogP contribution in [0.1, 0.15) is 5.56 Å². The van der Waals surface area contributed by atoms with Crippen LogP contribution in [0.3, 0.4) is 0 Å². The van der Waals surface area contributed by atoms with Crippen LogP contribution in [0.5, 0.6) is 0 Å². The minimum atomic E-state index is -0.312. The predicted molar refractivity (Wildman–Crippen MR) is 68.1 cm³/mol. The summed E-state index contributed by atoms with van der Waals surface area (Å²) < 4.78 is 13.2. The van der Waals surface area contributed by atoms with Crippen molar-refractivity contribution in [2.24, 2.45) is 0 Å². The second kappa shape index (κ2) is 4.59. The summed E-state index contributed by atoms with van der Waals surface area (Å²) in [5.74, 6) is 0.107. The summed E-state index contributed by atoms with van der Waals surface area (Å²) >= 11 is 5.76. The van der Waals surface area contributed by atoms with E-state index >= 15 is 0 Å². The molecule has 0 aliphatic heterocycles. The highest BCUT2D eigenvalue weighted by Crippen LogP contribution is 2.23. The normalized spacial score (nSPS) is 10.3. The molecule has 0 atom stereocenters. The summed E-state index contributed by atoms with van der Waals surface area (Å²) in [5.41, 5.74) is 7.59. The molecule has 5 heteroatoms. The van der Waals surface area contributed by atoms with Gasteiger partial charge in [-0.15, -0.1) is 0 Å². The Hall–Kier alpha value is -1.81. The lowest BCUT2D eigenvalue weighted by molar-refractivity contribution is 0.627. The van der Waals surface area contributed by atoms with Gasteiger partial charge in [0.05, 0.1) is 5.69 Å². The summed E-state index contributed by atoms with van der Waals surface area (Å²) in [6.45, 7) is 1.81. The van der Waals surface area contributed by atoms with Gasteiger partial charge >= 0.3 is 0 Å². The second-order valence-electron chi connectivity index (χ2n) is 3.71. The van der Waals surface area contributed by atoms with Crippen molar-refractivity contribution in [2.45, 2.75) is 6.92 Å². The Balaban J connectivity index is 2.34. The van der Waals surface area contributed by atoms with Crippen LogP contribution in [0.2, 0.25) is 5.15 Å². The first-order valence-corrected chi connectivity index (χ1v) is 5.38. The van der Waals surface area contributed by atoms with Crippen LogP contribution in [0, 0.1) is 12.7 Å². The summed E-state index contributed by atoms with van der Waals surface area (Å²) in [5, 5.41) is 3.26. The van der Waals surface area contributed by atoms with E-state index in [1.807, 2.05) is 6.92 Å². The lowest BCUT2D eigenvalue weighted by atomic mass is 10.2. The Morgan fingerprint density at radius 2 is 2.06 bits per heavy atom. The number of nitrogens with two attached hydrogens (primary N) is 1. The number of aryl methyl sites for hydroxylation is 1. The SMILES string of the molecule is Cc1cc(F)cc(Nc2nc(Cl)ccc2N)c1. The van der Waals surface area contributed by atoms with Crippen LogP contribution < -0.4 is 11.1 Å². The number of pyridine rings is 1. The topological polar surface area (TPSA) is 50.9 Å². The highest BCUT2D eigenvalue weighted by Gasteiger charge is 2.04. The van der Waals surface area contributed by atoms with Gasteiger partial charge in [-0.3, -0.25) is 0 Å². The summed E-state index contributed by atoms with van der Waals surface area (Å²) in [6.07, 6.45) is 0. The third kappa shape index (κ3) is 2.85. The first-order chi connectivity index (χ1) is 8.04. The molecule has 0 aliphatic rings. The lowest BCUT2D eigenvalue weighted by Gasteiger charge is -2.09. The molecular weight excluding hydrogens is 241 g/mol. The van der Waals surface area contributed by atoms with Crippen molar-refractivity contribution >= 4 is 28.8 Å². The molecule has 0 radical (unpaired) electrons. The highest BCUT2D eigenvalue weighted by atomic mass is 35.5. The Bertz CT molecular complexity index is 537. The van der Waals surface area contributed by atoms with E-state index in [1.54, 1.807) is 18.2 Å². The molecule has 1 aromatic carbocycles. The number of rotatable bonds is 2. The molecule has 0 aliphatic carbocycles. The molecule has 0 amide bonds. The zero-order valence-electron chi connectivity index (χ0n) is 9.17. The zero-order valence-corrected chi connectivity index (χ0v) is 9.92. The number of hydrogen-bond donors (Lipinski definition) is 2. The summed E-state index contributed by atoms with van der Waals surface area (Å²) in [7, 11) is 0. The van der Waals surface area contributed by atoms with Crippen molar-refractivity contribution in [1.82, 2.24) is 4.98 Å². The number of anilines is 3. The lowest BCUT2D eigenvalue weighted by Crippen LogP contribution is -1.99. The van der Waals surface area contributed by atoms with Crippen molar-refractivity contribution in [3.63, 3.8) is 0 Å². The molecule has 3 nitrogen and oxygen atoms in total. The van der Waals surface area contributed by atoms with Crippen LogP contribution in [0.4, 0.5) is 21.6 Å². The van der Waals surface area contributed by atoms with Crippen molar-refractivity contribution in [1.29, 1.82) is 0 Å². The van der Waals surface area contributed by atoms with E-state index < -0.39 is 0 Å². The largest absolute Gasteiger partial charge is 0.396 e. The summed E-state index contributed by atoms with van der Waals surface area (Å²) in [6, 6.07) is 7.85. The smallest absolute Gasteiger partial charge is 0.155 e. The van der Waals surface area contributed by atoms with Gasteiger partial charge in [0.25, 0.3) is 0 Å². The van der Waals surface area contributed by atoms with Gasteiger partial charge in [0, 0.05) is 5.69 Å². The van der Waals surface area contributed by atoms with Crippen molar-refractivity contribution in [3.05, 3.63) is 46.9 Å². The molecule has 2 rings (SSSR count). The van der Waals surface area contributed by atoms with Gasteiger partial charge in [-0.2, -0.15) is 0 Å². The molecule has 0 saturated carbocycles. The number of nitrogens with one attached hydrogen (secondary N) is 1. The quantitative estimate of drug-likeness (QED) is 0.803. The number of nitrogens with zero attached hydrogens (tertiary/aromatic N) is 1. The van der Waals surface area contributed by atoms with Gasteiger partial charge in [-0.05, 0) is 42.8 Å². The van der Waals surface area contributed by atoms with Crippen LogP contribution in [0.25, 0.3) is 0 Å². The Kier molecular flexibility index (Phi) is 3.15. The average Bonchev–Trinajstić information content (AvgIpc) is 2.22. The predicted octanol–water partition coefficient (Wildman–Crippen LogP) is 3.51. The standard InChI is InChI=1S/C12H11ClFN3/c1-7-4-8(14)6-9(5-7)16-12-10(15)2-3-11(13)17-12/h2-6H,15H2,1H3,(H,16,17). The van der Waals surface area contributed by atoms with Gasteiger partial charge in [-0.25, -0.2) is 9.37 Å². The Morgan fingerprint density at radius 3 is 2.76 bits per heavy atom. The number of hydrogen-bond acceptors (Lipinski definition) is 3. The maximum Gasteiger partial charge on any atom is 0.155 e. The van der Waals surface area contributed by atoms with E-state index in [1.165, 1.54) is 12.1 Å².